The summed E-state index contributed by atoms with van der Waals surface area (Å²) < 4.78 is 3.97. The molecule has 0 aliphatic rings. The van der Waals surface area contributed by atoms with Gasteiger partial charge < -0.3 is 9.88 Å². The Hall–Kier alpha value is -2.74. The van der Waals surface area contributed by atoms with Crippen LogP contribution >= 0.6 is 11.3 Å². The molecule has 0 fully saturated rings. The number of hydrogen-bond acceptors (Lipinski definition) is 6. The molecule has 128 valence electrons. The van der Waals surface area contributed by atoms with Gasteiger partial charge in [-0.15, -0.1) is 15.3 Å². The van der Waals surface area contributed by atoms with Crippen molar-refractivity contribution in [1.29, 1.82) is 0 Å². The highest BCUT2D eigenvalue weighted by Gasteiger charge is 2.10. The van der Waals surface area contributed by atoms with Gasteiger partial charge in [0.2, 0.25) is 0 Å². The van der Waals surface area contributed by atoms with Crippen molar-refractivity contribution in [2.24, 2.45) is 0 Å². The molecule has 4 aromatic heterocycles. The number of hydrogen-bond donors (Lipinski definition) is 1. The zero-order valence-electron chi connectivity index (χ0n) is 14.0. The first-order chi connectivity index (χ1) is 12.3. The number of unbranched alkanes of at least 4 members (excludes halogenated alkanes) is 1. The Morgan fingerprint density at radius 3 is 2.92 bits per heavy atom. The summed E-state index contributed by atoms with van der Waals surface area (Å²) in [4.78, 5) is 4.24. The Kier molecular flexibility index (Phi) is 4.43. The molecule has 0 radical (unpaired) electrons. The number of aromatic nitrogens is 6. The van der Waals surface area contributed by atoms with E-state index in [0.29, 0.717) is 0 Å². The maximum Gasteiger partial charge on any atom is 0.186 e. The molecule has 7 nitrogen and oxygen atoms in total. The zero-order valence-corrected chi connectivity index (χ0v) is 14.8. The van der Waals surface area contributed by atoms with E-state index in [-0.39, 0.29) is 0 Å². The summed E-state index contributed by atoms with van der Waals surface area (Å²) in [6.07, 6.45) is 6.03. The number of fused-ring (bicyclic) bond motifs is 1. The second-order valence-electron chi connectivity index (χ2n) is 5.83. The maximum atomic E-state index is 4.62. The molecule has 1 N–H and O–H groups in total. The van der Waals surface area contributed by atoms with E-state index in [0.717, 1.165) is 54.6 Å². The Balaban J connectivity index is 1.37. The first kappa shape index (κ1) is 15.8. The number of rotatable bonds is 7. The quantitative estimate of drug-likeness (QED) is 0.516. The molecule has 8 heteroatoms. The normalized spacial score (nSPS) is 11.2. The average Bonchev–Trinajstić information content (AvgIpc) is 3.35. The molecule has 4 rings (SSSR count). The second-order valence-corrected chi connectivity index (χ2v) is 6.61. The molecule has 0 unspecified atom stereocenters. The highest BCUT2D eigenvalue weighted by Crippen LogP contribution is 2.20. The van der Waals surface area contributed by atoms with Gasteiger partial charge in [-0.3, -0.25) is 0 Å². The van der Waals surface area contributed by atoms with Crippen LogP contribution in [-0.2, 0) is 6.54 Å². The molecule has 25 heavy (non-hydrogen) atoms. The number of nitrogens with one attached hydrogen (secondary N) is 1. The molecule has 0 spiro atoms. The fraction of sp³-hybridized carbons (Fsp3) is 0.294. The van der Waals surface area contributed by atoms with Crippen molar-refractivity contribution in [3.63, 3.8) is 0 Å². The summed E-state index contributed by atoms with van der Waals surface area (Å²) in [6.45, 7) is 3.90. The van der Waals surface area contributed by atoms with Crippen LogP contribution in [0.15, 0.2) is 41.4 Å². The minimum atomic E-state index is 0.752. The summed E-state index contributed by atoms with van der Waals surface area (Å²) in [7, 11) is 0. The van der Waals surface area contributed by atoms with Gasteiger partial charge in [0.1, 0.15) is 11.6 Å². The van der Waals surface area contributed by atoms with Gasteiger partial charge >= 0.3 is 0 Å². The van der Waals surface area contributed by atoms with Gasteiger partial charge in [0, 0.05) is 36.4 Å². The van der Waals surface area contributed by atoms with Gasteiger partial charge in [0.05, 0.1) is 0 Å². The minimum Gasteiger partial charge on any atom is -0.369 e. The molecule has 0 bridgehead atoms. The minimum absolute atomic E-state index is 0.752. The Labute approximate surface area is 149 Å². The first-order valence-corrected chi connectivity index (χ1v) is 9.22. The van der Waals surface area contributed by atoms with Crippen LogP contribution < -0.4 is 5.32 Å². The molecule has 0 aliphatic heterocycles. The van der Waals surface area contributed by atoms with E-state index in [9.17, 15) is 0 Å². The lowest BCUT2D eigenvalue weighted by Crippen LogP contribution is -2.07. The van der Waals surface area contributed by atoms with E-state index in [1.54, 1.807) is 15.9 Å². The molecular weight excluding hydrogens is 334 g/mol. The molecule has 0 atom stereocenters. The Morgan fingerprint density at radius 2 is 2.12 bits per heavy atom. The third-order valence-corrected chi connectivity index (χ3v) is 4.78. The van der Waals surface area contributed by atoms with Crippen LogP contribution in [0.3, 0.4) is 0 Å². The van der Waals surface area contributed by atoms with Crippen molar-refractivity contribution in [2.45, 2.75) is 26.3 Å². The molecule has 4 aromatic rings. The average molecular weight is 353 g/mol. The number of imidazole rings is 1. The van der Waals surface area contributed by atoms with Gasteiger partial charge in [-0.25, -0.2) is 4.98 Å². The van der Waals surface area contributed by atoms with Crippen molar-refractivity contribution >= 4 is 22.8 Å². The molecule has 0 amide bonds. The fourth-order valence-electron chi connectivity index (χ4n) is 2.72. The van der Waals surface area contributed by atoms with E-state index in [2.05, 4.69) is 35.5 Å². The van der Waals surface area contributed by atoms with Crippen molar-refractivity contribution in [3.8, 4) is 11.4 Å². The van der Waals surface area contributed by atoms with Crippen LogP contribution in [0, 0.1) is 6.92 Å². The number of thiophene rings is 1. The fourth-order valence-corrected chi connectivity index (χ4v) is 3.35. The van der Waals surface area contributed by atoms with Crippen LogP contribution in [0.25, 0.3) is 17.0 Å². The van der Waals surface area contributed by atoms with Crippen LogP contribution in [0.5, 0.6) is 0 Å². The van der Waals surface area contributed by atoms with Gasteiger partial charge in [0.15, 0.2) is 11.5 Å². The molecule has 0 aromatic carbocycles. The zero-order chi connectivity index (χ0) is 17.1. The first-order valence-electron chi connectivity index (χ1n) is 8.28. The Bertz CT molecular complexity index is 955. The lowest BCUT2D eigenvalue weighted by molar-refractivity contribution is 0.607. The van der Waals surface area contributed by atoms with E-state index in [1.807, 2.05) is 42.9 Å². The van der Waals surface area contributed by atoms with Gasteiger partial charge in [0.25, 0.3) is 0 Å². The predicted molar refractivity (Wildman–Crippen MR) is 98.8 cm³/mol. The Morgan fingerprint density at radius 1 is 1.16 bits per heavy atom. The van der Waals surface area contributed by atoms with Crippen LogP contribution in [0.2, 0.25) is 0 Å². The summed E-state index contributed by atoms with van der Waals surface area (Å²) in [5.74, 6) is 2.67. The number of nitrogens with zero attached hydrogens (tertiary/aromatic N) is 6. The third-order valence-electron chi connectivity index (χ3n) is 4.10. The summed E-state index contributed by atoms with van der Waals surface area (Å²) in [5, 5.41) is 20.5. The van der Waals surface area contributed by atoms with Gasteiger partial charge in [-0.05, 0) is 43.3 Å². The lowest BCUT2D eigenvalue weighted by Gasteiger charge is -2.07. The largest absolute Gasteiger partial charge is 0.369 e. The highest BCUT2D eigenvalue weighted by molar-refractivity contribution is 7.08. The van der Waals surface area contributed by atoms with E-state index in [4.69, 9.17) is 0 Å². The highest BCUT2D eigenvalue weighted by atomic mass is 32.1. The third kappa shape index (κ3) is 3.39. The van der Waals surface area contributed by atoms with Crippen molar-refractivity contribution in [1.82, 2.24) is 29.4 Å². The van der Waals surface area contributed by atoms with Gasteiger partial charge in [-0.2, -0.15) is 15.9 Å². The SMILES string of the molecule is Cc1nccn1CCCCNc1ccc2nnc(-c3ccsc3)n2n1. The lowest BCUT2D eigenvalue weighted by atomic mass is 10.3. The second kappa shape index (κ2) is 7.02. The standard InChI is InChI=1S/C17H19N7S/c1-13-18-8-10-23(13)9-3-2-7-19-15-4-5-16-20-21-17(24(16)22-15)14-6-11-25-12-14/h4-6,8,10-12H,2-3,7,9H2,1H3,(H,19,22). The number of aryl methyl sites for hydroxylation is 2. The topological polar surface area (TPSA) is 72.9 Å². The van der Waals surface area contributed by atoms with Crippen LogP contribution in [-0.4, -0.2) is 35.9 Å². The molecule has 0 aliphatic carbocycles. The molecule has 0 saturated carbocycles. The predicted octanol–water partition coefficient (Wildman–Crippen LogP) is 3.25. The molecule has 0 saturated heterocycles. The number of anilines is 1. The monoisotopic (exact) mass is 353 g/mol. The van der Waals surface area contributed by atoms with Crippen molar-refractivity contribution < 1.29 is 0 Å². The van der Waals surface area contributed by atoms with E-state index >= 15 is 0 Å². The van der Waals surface area contributed by atoms with Crippen LogP contribution in [0.1, 0.15) is 18.7 Å². The van der Waals surface area contributed by atoms with Crippen molar-refractivity contribution in [2.75, 3.05) is 11.9 Å². The molecule has 4 heterocycles. The van der Waals surface area contributed by atoms with E-state index in [1.165, 1.54) is 0 Å². The smallest absolute Gasteiger partial charge is 0.186 e. The summed E-state index contributed by atoms with van der Waals surface area (Å²) in [6, 6.07) is 5.91. The van der Waals surface area contributed by atoms with Crippen molar-refractivity contribution in [3.05, 3.63) is 47.2 Å². The molecular formula is C17H19N7S. The maximum absolute atomic E-state index is 4.62. The van der Waals surface area contributed by atoms with E-state index < -0.39 is 0 Å². The van der Waals surface area contributed by atoms with Gasteiger partial charge in [-0.1, -0.05) is 0 Å². The van der Waals surface area contributed by atoms with Crippen LogP contribution in [0.4, 0.5) is 5.82 Å². The summed E-state index contributed by atoms with van der Waals surface area (Å²) in [5.41, 5.74) is 1.79. The summed E-state index contributed by atoms with van der Waals surface area (Å²) >= 11 is 1.64.